The summed E-state index contributed by atoms with van der Waals surface area (Å²) in [4.78, 5) is 12.1. The van der Waals surface area contributed by atoms with E-state index in [2.05, 4.69) is 0 Å². The summed E-state index contributed by atoms with van der Waals surface area (Å²) < 4.78 is 26.8. The maximum absolute atomic E-state index is 13.4. The first-order valence-electron chi connectivity index (χ1n) is 5.03. The van der Waals surface area contributed by atoms with Crippen molar-refractivity contribution in [3.8, 4) is 0 Å². The number of halogens is 4. The molecule has 0 atom stereocenters. The van der Waals surface area contributed by atoms with Gasteiger partial charge in [0.2, 0.25) is 0 Å². The zero-order valence-corrected chi connectivity index (χ0v) is 12.4. The average molecular weight is 339 g/mol. The molecule has 0 saturated carbocycles. The van der Waals surface area contributed by atoms with Crippen LogP contribution in [-0.2, 0) is 0 Å². The molecular weight excluding hydrogens is 333 g/mol. The monoisotopic (exact) mass is 338 g/mol. The van der Waals surface area contributed by atoms with Crippen molar-refractivity contribution in [2.24, 2.45) is 0 Å². The molecule has 0 fully saturated rings. The van der Waals surface area contributed by atoms with E-state index in [1.165, 1.54) is 12.1 Å². The normalized spacial score (nSPS) is 10.7. The highest BCUT2D eigenvalue weighted by Gasteiger charge is 2.15. The van der Waals surface area contributed by atoms with E-state index in [1.807, 2.05) is 0 Å². The van der Waals surface area contributed by atoms with Crippen LogP contribution in [0.15, 0.2) is 29.2 Å². The Morgan fingerprint density at radius 2 is 2.00 bits per heavy atom. The first-order chi connectivity index (χ1) is 8.97. The number of Topliss-reactive ketones (excluding diaryl/α,β-unsaturated/α-hetero) is 1. The Balaban J connectivity index is 2.06. The first-order valence-corrected chi connectivity index (χ1v) is 7.59. The number of thiophene rings is 1. The second kappa shape index (κ2) is 6.22. The molecule has 0 aliphatic carbocycles. The van der Waals surface area contributed by atoms with Gasteiger partial charge in [-0.2, -0.15) is 0 Å². The highest BCUT2D eigenvalue weighted by Crippen LogP contribution is 2.32. The minimum atomic E-state index is -0.688. The number of carbonyl (C=O) groups excluding carboxylic acids is 1. The third-order valence-corrected chi connectivity index (χ3v) is 4.75. The van der Waals surface area contributed by atoms with Crippen molar-refractivity contribution in [1.29, 1.82) is 0 Å². The Bertz CT molecular complexity index is 628. The molecule has 19 heavy (non-hydrogen) atoms. The summed E-state index contributed by atoms with van der Waals surface area (Å²) in [5.41, 5.74) is 0.326. The van der Waals surface area contributed by atoms with Crippen LogP contribution in [0.3, 0.4) is 0 Å². The Hall–Kier alpha value is -0.620. The van der Waals surface area contributed by atoms with Crippen molar-refractivity contribution in [2.45, 2.75) is 4.90 Å². The molecule has 0 N–H and O–H groups in total. The lowest BCUT2D eigenvalue weighted by atomic mass is 10.2. The van der Waals surface area contributed by atoms with Gasteiger partial charge in [-0.25, -0.2) is 8.78 Å². The van der Waals surface area contributed by atoms with E-state index in [1.54, 1.807) is 0 Å². The van der Waals surface area contributed by atoms with Gasteiger partial charge in [-0.15, -0.1) is 23.1 Å². The number of benzene rings is 1. The number of thioether (sulfide) groups is 1. The minimum Gasteiger partial charge on any atom is -0.293 e. The summed E-state index contributed by atoms with van der Waals surface area (Å²) in [7, 11) is 0. The van der Waals surface area contributed by atoms with Crippen LogP contribution in [0.5, 0.6) is 0 Å². The van der Waals surface area contributed by atoms with Crippen LogP contribution in [0.1, 0.15) is 10.4 Å². The van der Waals surface area contributed by atoms with Gasteiger partial charge < -0.3 is 0 Å². The molecule has 1 heterocycles. The molecule has 0 bridgehead atoms. The second-order valence-corrected chi connectivity index (χ2v) is 6.83. The lowest BCUT2D eigenvalue weighted by Crippen LogP contribution is -2.01. The molecule has 0 aliphatic heterocycles. The number of carbonyl (C=O) groups is 1. The standard InChI is InChI=1S/C12H6Cl2F2OS2/c13-11-4-7(12(14)19-11)9(17)5-18-10-2-1-6(15)3-8(10)16/h1-4H,5H2. The van der Waals surface area contributed by atoms with Gasteiger partial charge in [0.25, 0.3) is 0 Å². The third-order valence-electron chi connectivity index (χ3n) is 2.21. The number of hydrogen-bond acceptors (Lipinski definition) is 3. The van der Waals surface area contributed by atoms with Crippen LogP contribution in [0.4, 0.5) is 8.78 Å². The van der Waals surface area contributed by atoms with Crippen LogP contribution in [0.25, 0.3) is 0 Å². The Morgan fingerprint density at radius 3 is 2.58 bits per heavy atom. The average Bonchev–Trinajstić information content (AvgIpc) is 2.67. The van der Waals surface area contributed by atoms with E-state index in [-0.39, 0.29) is 16.4 Å². The summed E-state index contributed by atoms with van der Waals surface area (Å²) >= 11 is 13.7. The fraction of sp³-hybridized carbons (Fsp3) is 0.0833. The van der Waals surface area contributed by atoms with Gasteiger partial charge in [0, 0.05) is 16.5 Å². The number of ketones is 1. The van der Waals surface area contributed by atoms with E-state index in [9.17, 15) is 13.6 Å². The van der Waals surface area contributed by atoms with E-state index < -0.39 is 11.6 Å². The Labute approximate surface area is 126 Å². The lowest BCUT2D eigenvalue weighted by Gasteiger charge is -2.02. The summed E-state index contributed by atoms with van der Waals surface area (Å²) in [6.07, 6.45) is 0. The summed E-state index contributed by atoms with van der Waals surface area (Å²) in [6.45, 7) is 0. The SMILES string of the molecule is O=C(CSc1ccc(F)cc1F)c1cc(Cl)sc1Cl. The van der Waals surface area contributed by atoms with Crippen molar-refractivity contribution in [3.63, 3.8) is 0 Å². The predicted molar refractivity (Wildman–Crippen MR) is 75.8 cm³/mol. The molecule has 1 aromatic carbocycles. The third kappa shape index (κ3) is 3.69. The van der Waals surface area contributed by atoms with Crippen LogP contribution < -0.4 is 0 Å². The Morgan fingerprint density at radius 1 is 1.26 bits per heavy atom. The molecule has 2 aromatic rings. The first kappa shape index (κ1) is 14.8. The zero-order chi connectivity index (χ0) is 14.0. The smallest absolute Gasteiger partial charge is 0.175 e. The van der Waals surface area contributed by atoms with Gasteiger partial charge in [-0.3, -0.25) is 4.79 Å². The van der Waals surface area contributed by atoms with E-state index in [0.29, 0.717) is 14.2 Å². The number of rotatable bonds is 4. The van der Waals surface area contributed by atoms with Crippen molar-refractivity contribution in [2.75, 3.05) is 5.75 Å². The summed E-state index contributed by atoms with van der Waals surface area (Å²) in [5, 5.41) is 0. The minimum absolute atomic E-state index is 0.00926. The van der Waals surface area contributed by atoms with Gasteiger partial charge in [-0.1, -0.05) is 23.2 Å². The fourth-order valence-electron chi connectivity index (χ4n) is 1.34. The molecule has 7 heteroatoms. The molecule has 0 spiro atoms. The van der Waals surface area contributed by atoms with Gasteiger partial charge in [0.15, 0.2) is 5.78 Å². The zero-order valence-electron chi connectivity index (χ0n) is 9.25. The van der Waals surface area contributed by atoms with Crippen molar-refractivity contribution >= 4 is 52.1 Å². The van der Waals surface area contributed by atoms with Crippen LogP contribution in [-0.4, -0.2) is 11.5 Å². The fourth-order valence-corrected chi connectivity index (χ4v) is 3.65. The molecule has 0 amide bonds. The van der Waals surface area contributed by atoms with Gasteiger partial charge in [-0.05, 0) is 18.2 Å². The molecule has 2 rings (SSSR count). The second-order valence-electron chi connectivity index (χ2n) is 3.52. The van der Waals surface area contributed by atoms with Gasteiger partial charge in [0.05, 0.1) is 10.1 Å². The topological polar surface area (TPSA) is 17.1 Å². The van der Waals surface area contributed by atoms with E-state index in [4.69, 9.17) is 23.2 Å². The van der Waals surface area contributed by atoms with Crippen molar-refractivity contribution < 1.29 is 13.6 Å². The highest BCUT2D eigenvalue weighted by atomic mass is 35.5. The molecule has 1 nitrogen and oxygen atoms in total. The van der Waals surface area contributed by atoms with E-state index in [0.717, 1.165) is 35.2 Å². The molecule has 0 radical (unpaired) electrons. The maximum Gasteiger partial charge on any atom is 0.175 e. The highest BCUT2D eigenvalue weighted by molar-refractivity contribution is 8.00. The quantitative estimate of drug-likeness (QED) is 0.555. The van der Waals surface area contributed by atoms with Gasteiger partial charge in [0.1, 0.15) is 16.0 Å². The number of hydrogen-bond donors (Lipinski definition) is 0. The van der Waals surface area contributed by atoms with Crippen molar-refractivity contribution in [3.05, 3.63) is 50.1 Å². The van der Waals surface area contributed by atoms with Gasteiger partial charge >= 0.3 is 0 Å². The molecule has 100 valence electrons. The van der Waals surface area contributed by atoms with Crippen LogP contribution in [0, 0.1) is 11.6 Å². The summed E-state index contributed by atoms with van der Waals surface area (Å²) in [6, 6.07) is 4.70. The van der Waals surface area contributed by atoms with Crippen LogP contribution >= 0.6 is 46.3 Å². The molecule has 0 aliphatic rings. The van der Waals surface area contributed by atoms with Crippen molar-refractivity contribution in [1.82, 2.24) is 0 Å². The molecule has 0 saturated heterocycles. The molecular formula is C12H6Cl2F2OS2. The van der Waals surface area contributed by atoms with Crippen LogP contribution in [0.2, 0.25) is 8.67 Å². The largest absolute Gasteiger partial charge is 0.293 e. The summed E-state index contributed by atoms with van der Waals surface area (Å²) in [5.74, 6) is -1.58. The molecule has 0 unspecified atom stereocenters. The predicted octanol–water partition coefficient (Wildman–Crippen LogP) is 5.31. The maximum atomic E-state index is 13.4. The Kier molecular flexibility index (Phi) is 4.84. The molecule has 1 aromatic heterocycles. The van der Waals surface area contributed by atoms with E-state index >= 15 is 0 Å². The lowest BCUT2D eigenvalue weighted by molar-refractivity contribution is 0.102.